The second-order valence-corrected chi connectivity index (χ2v) is 4.91. The Bertz CT molecular complexity index is 743. The van der Waals surface area contributed by atoms with Crippen molar-refractivity contribution in [1.82, 2.24) is 4.98 Å². The summed E-state index contributed by atoms with van der Waals surface area (Å²) in [5.74, 6) is 0. The average molecular weight is 279 g/mol. The molecule has 1 atom stereocenters. The number of nitrogens with zero attached hydrogens (tertiary/aromatic N) is 1. The molecule has 0 saturated heterocycles. The molecule has 21 heavy (non-hydrogen) atoms. The van der Waals surface area contributed by atoms with Gasteiger partial charge in [0, 0.05) is 11.9 Å². The maximum absolute atomic E-state index is 10.2. The first-order chi connectivity index (χ1) is 10.3. The molecule has 0 aliphatic carbocycles. The Morgan fingerprint density at radius 1 is 1.05 bits per heavy atom. The molecule has 3 rings (SSSR count). The highest BCUT2D eigenvalue weighted by Crippen LogP contribution is 2.28. The second kappa shape index (κ2) is 5.81. The molecule has 106 valence electrons. The van der Waals surface area contributed by atoms with E-state index in [1.807, 2.05) is 54.6 Å². The highest BCUT2D eigenvalue weighted by atomic mass is 16.3. The summed E-state index contributed by atoms with van der Waals surface area (Å²) in [6.07, 6.45) is 1.05. The highest BCUT2D eigenvalue weighted by Gasteiger charge is 2.10. The van der Waals surface area contributed by atoms with Crippen LogP contribution in [0.5, 0.6) is 0 Å². The minimum Gasteiger partial charge on any atom is -0.396 e. The maximum Gasteiger partial charge on any atom is 0.0962 e. The zero-order valence-electron chi connectivity index (χ0n) is 11.5. The number of nitrogens with two attached hydrogens (primary N) is 1. The largest absolute Gasteiger partial charge is 0.396 e. The number of hydrogen-bond donors (Lipinski definition) is 3. The molecule has 1 aromatic heterocycles. The van der Waals surface area contributed by atoms with E-state index in [1.165, 1.54) is 0 Å². The van der Waals surface area contributed by atoms with Crippen LogP contribution in [0.4, 0.5) is 11.4 Å². The second-order valence-electron chi connectivity index (χ2n) is 4.91. The van der Waals surface area contributed by atoms with E-state index in [0.29, 0.717) is 12.2 Å². The maximum atomic E-state index is 10.2. The van der Waals surface area contributed by atoms with Gasteiger partial charge in [-0.3, -0.25) is 4.98 Å². The van der Waals surface area contributed by atoms with E-state index in [2.05, 4.69) is 10.3 Å². The van der Waals surface area contributed by atoms with Gasteiger partial charge in [0.2, 0.25) is 0 Å². The van der Waals surface area contributed by atoms with Gasteiger partial charge >= 0.3 is 0 Å². The van der Waals surface area contributed by atoms with Gasteiger partial charge in [-0.2, -0.15) is 0 Å². The third-order valence-corrected chi connectivity index (χ3v) is 3.46. The van der Waals surface area contributed by atoms with Crippen molar-refractivity contribution < 1.29 is 5.11 Å². The lowest BCUT2D eigenvalue weighted by Gasteiger charge is -2.16. The van der Waals surface area contributed by atoms with Gasteiger partial charge in [-0.05, 0) is 11.6 Å². The van der Waals surface area contributed by atoms with Crippen LogP contribution in [0.1, 0.15) is 11.7 Å². The van der Waals surface area contributed by atoms with Gasteiger partial charge in [-0.25, -0.2) is 0 Å². The topological polar surface area (TPSA) is 71.2 Å². The van der Waals surface area contributed by atoms with Crippen molar-refractivity contribution in [2.75, 3.05) is 17.6 Å². The number of fused-ring (bicyclic) bond motifs is 1. The Balaban J connectivity index is 1.84. The number of hydrogen-bond acceptors (Lipinski definition) is 4. The van der Waals surface area contributed by atoms with Crippen molar-refractivity contribution in [1.29, 1.82) is 0 Å². The van der Waals surface area contributed by atoms with Crippen LogP contribution in [0.3, 0.4) is 0 Å². The third-order valence-electron chi connectivity index (χ3n) is 3.46. The fourth-order valence-corrected chi connectivity index (χ4v) is 2.35. The van der Waals surface area contributed by atoms with E-state index in [9.17, 15) is 5.11 Å². The van der Waals surface area contributed by atoms with Crippen molar-refractivity contribution in [3.8, 4) is 0 Å². The lowest BCUT2D eigenvalue weighted by atomic mass is 10.1. The lowest BCUT2D eigenvalue weighted by Crippen LogP contribution is -2.13. The van der Waals surface area contributed by atoms with Crippen molar-refractivity contribution >= 4 is 22.3 Å². The molecular formula is C17H17N3O. The first-order valence-electron chi connectivity index (χ1n) is 6.86. The summed E-state index contributed by atoms with van der Waals surface area (Å²) in [4.78, 5) is 4.30. The number of rotatable bonds is 4. The summed E-state index contributed by atoms with van der Waals surface area (Å²) in [6.45, 7) is 0.391. The van der Waals surface area contributed by atoms with Gasteiger partial charge in [0.05, 0.1) is 29.2 Å². The molecule has 0 bridgehead atoms. The number of nitrogens with one attached hydrogen (secondary N) is 1. The number of aliphatic hydroxyl groups excluding tert-OH is 1. The van der Waals surface area contributed by atoms with Gasteiger partial charge in [-0.1, -0.05) is 48.5 Å². The van der Waals surface area contributed by atoms with Gasteiger partial charge in [-0.15, -0.1) is 0 Å². The number of pyridine rings is 1. The summed E-state index contributed by atoms with van der Waals surface area (Å²) < 4.78 is 0. The number of para-hydroxylation sites is 1. The predicted molar refractivity (Wildman–Crippen MR) is 86.0 cm³/mol. The van der Waals surface area contributed by atoms with Crippen molar-refractivity contribution in [2.45, 2.75) is 6.10 Å². The molecular weight excluding hydrogens is 262 g/mol. The van der Waals surface area contributed by atoms with Crippen LogP contribution >= 0.6 is 0 Å². The molecule has 4 nitrogen and oxygen atoms in total. The SMILES string of the molecule is Nc1cnc2ccccc2c1NCC(O)c1ccccc1. The van der Waals surface area contributed by atoms with E-state index in [1.54, 1.807) is 6.20 Å². The van der Waals surface area contributed by atoms with Crippen LogP contribution in [-0.2, 0) is 0 Å². The summed E-state index contributed by atoms with van der Waals surface area (Å²) in [5, 5.41) is 14.4. The molecule has 0 aliphatic rings. The molecule has 1 heterocycles. The van der Waals surface area contributed by atoms with E-state index in [4.69, 9.17) is 5.73 Å². The van der Waals surface area contributed by atoms with Crippen molar-refractivity contribution in [2.24, 2.45) is 0 Å². The first-order valence-corrected chi connectivity index (χ1v) is 6.86. The summed E-state index contributed by atoms with van der Waals surface area (Å²) in [7, 11) is 0. The Morgan fingerprint density at radius 2 is 1.76 bits per heavy atom. The average Bonchev–Trinajstić information content (AvgIpc) is 2.54. The fraction of sp³-hybridized carbons (Fsp3) is 0.118. The molecule has 0 amide bonds. The van der Waals surface area contributed by atoms with Gasteiger partial charge in [0.15, 0.2) is 0 Å². The number of benzene rings is 2. The number of anilines is 2. The first kappa shape index (κ1) is 13.4. The molecule has 4 heteroatoms. The molecule has 0 aliphatic heterocycles. The standard InChI is InChI=1S/C17H17N3O/c18-14-10-19-15-9-5-4-8-13(15)17(14)20-11-16(21)12-6-2-1-3-7-12/h1-10,16,21H,11,18H2,(H,19,20). The van der Waals surface area contributed by atoms with Crippen LogP contribution in [0.2, 0.25) is 0 Å². The normalized spacial score (nSPS) is 12.2. The zero-order chi connectivity index (χ0) is 14.7. The molecule has 0 fully saturated rings. The quantitative estimate of drug-likeness (QED) is 0.686. The van der Waals surface area contributed by atoms with Crippen molar-refractivity contribution in [3.63, 3.8) is 0 Å². The third kappa shape index (κ3) is 2.80. The van der Waals surface area contributed by atoms with Crippen LogP contribution in [-0.4, -0.2) is 16.6 Å². The summed E-state index contributed by atoms with van der Waals surface area (Å²) >= 11 is 0. The highest BCUT2D eigenvalue weighted by molar-refractivity contribution is 5.96. The van der Waals surface area contributed by atoms with Crippen LogP contribution in [0, 0.1) is 0 Å². The Morgan fingerprint density at radius 3 is 2.57 bits per heavy atom. The Hall–Kier alpha value is -2.59. The zero-order valence-corrected chi connectivity index (χ0v) is 11.5. The monoisotopic (exact) mass is 279 g/mol. The molecule has 4 N–H and O–H groups in total. The number of aliphatic hydroxyl groups is 1. The van der Waals surface area contributed by atoms with Crippen LogP contribution < -0.4 is 11.1 Å². The smallest absolute Gasteiger partial charge is 0.0962 e. The summed E-state index contributed by atoms with van der Waals surface area (Å²) in [6, 6.07) is 17.3. The van der Waals surface area contributed by atoms with E-state index < -0.39 is 6.10 Å². The van der Waals surface area contributed by atoms with E-state index in [0.717, 1.165) is 22.2 Å². The number of nitrogen functional groups attached to an aromatic ring is 1. The van der Waals surface area contributed by atoms with E-state index in [-0.39, 0.29) is 0 Å². The molecule has 0 saturated carbocycles. The summed E-state index contributed by atoms with van der Waals surface area (Å²) in [5.41, 5.74) is 9.15. The van der Waals surface area contributed by atoms with Crippen molar-refractivity contribution in [3.05, 3.63) is 66.4 Å². The van der Waals surface area contributed by atoms with Gasteiger partial charge < -0.3 is 16.2 Å². The molecule has 2 aromatic carbocycles. The minimum absolute atomic E-state index is 0.391. The van der Waals surface area contributed by atoms with E-state index >= 15 is 0 Å². The fourth-order valence-electron chi connectivity index (χ4n) is 2.35. The molecule has 1 unspecified atom stereocenters. The Kier molecular flexibility index (Phi) is 3.71. The molecule has 0 spiro atoms. The minimum atomic E-state index is -0.586. The van der Waals surface area contributed by atoms with Crippen LogP contribution in [0.25, 0.3) is 10.9 Å². The van der Waals surface area contributed by atoms with Crippen LogP contribution in [0.15, 0.2) is 60.8 Å². The predicted octanol–water partition coefficient (Wildman–Crippen LogP) is 2.96. The van der Waals surface area contributed by atoms with Gasteiger partial charge in [0.1, 0.15) is 0 Å². The van der Waals surface area contributed by atoms with Gasteiger partial charge in [0.25, 0.3) is 0 Å². The number of aromatic nitrogens is 1. The lowest BCUT2D eigenvalue weighted by molar-refractivity contribution is 0.191. The molecule has 0 radical (unpaired) electrons. The molecule has 3 aromatic rings. The Labute approximate surface area is 123 Å².